The molecule has 4 heteroatoms. The fourth-order valence-corrected chi connectivity index (χ4v) is 2.79. The van der Waals surface area contributed by atoms with Crippen LogP contribution in [-0.4, -0.2) is 9.78 Å². The van der Waals surface area contributed by atoms with Crippen molar-refractivity contribution in [3.63, 3.8) is 0 Å². The summed E-state index contributed by atoms with van der Waals surface area (Å²) in [6.07, 6.45) is 4.33. The van der Waals surface area contributed by atoms with Crippen molar-refractivity contribution in [2.24, 2.45) is 0 Å². The first-order valence-corrected chi connectivity index (χ1v) is 7.89. The van der Waals surface area contributed by atoms with Crippen molar-refractivity contribution in [3.8, 4) is 0 Å². The second-order valence-electron chi connectivity index (χ2n) is 5.73. The van der Waals surface area contributed by atoms with Crippen LogP contribution in [0.25, 0.3) is 0 Å². The topological polar surface area (TPSA) is 43.0 Å². The van der Waals surface area contributed by atoms with Gasteiger partial charge in [-0.25, -0.2) is 0 Å². The van der Waals surface area contributed by atoms with Gasteiger partial charge in [0, 0.05) is 24.3 Å². The predicted octanol–water partition coefficient (Wildman–Crippen LogP) is 4.30. The van der Waals surface area contributed by atoms with Crippen molar-refractivity contribution in [2.45, 2.75) is 66.1 Å². The molecule has 0 amide bonds. The van der Waals surface area contributed by atoms with Gasteiger partial charge in [0.05, 0.1) is 11.7 Å². The quantitative estimate of drug-likeness (QED) is 0.826. The fourth-order valence-electron chi connectivity index (χ4n) is 2.79. The minimum atomic E-state index is 0.265. The molecule has 0 saturated carbocycles. The van der Waals surface area contributed by atoms with Crippen LogP contribution in [0.5, 0.6) is 0 Å². The lowest BCUT2D eigenvalue weighted by atomic mass is 10.1. The first-order valence-electron chi connectivity index (χ1n) is 7.89. The molecular formula is C17H27N3O. The van der Waals surface area contributed by atoms with Crippen molar-refractivity contribution < 1.29 is 4.42 Å². The third-order valence-electron chi connectivity index (χ3n) is 4.12. The smallest absolute Gasteiger partial charge is 0.105 e. The van der Waals surface area contributed by atoms with Gasteiger partial charge in [0.25, 0.3) is 0 Å². The van der Waals surface area contributed by atoms with E-state index in [0.717, 1.165) is 36.6 Å². The van der Waals surface area contributed by atoms with E-state index in [0.29, 0.717) is 6.04 Å². The van der Waals surface area contributed by atoms with Gasteiger partial charge >= 0.3 is 0 Å². The highest BCUT2D eigenvalue weighted by atomic mass is 16.3. The van der Waals surface area contributed by atoms with Crippen LogP contribution in [0, 0.1) is 13.8 Å². The van der Waals surface area contributed by atoms with Gasteiger partial charge in [0.1, 0.15) is 11.5 Å². The third-order valence-corrected chi connectivity index (χ3v) is 4.12. The minimum Gasteiger partial charge on any atom is -0.466 e. The molecule has 0 spiro atoms. The molecule has 0 radical (unpaired) electrons. The predicted molar refractivity (Wildman–Crippen MR) is 85.3 cm³/mol. The molecule has 21 heavy (non-hydrogen) atoms. The second kappa shape index (κ2) is 6.94. The maximum Gasteiger partial charge on any atom is 0.105 e. The van der Waals surface area contributed by atoms with Crippen molar-refractivity contribution in [2.75, 3.05) is 0 Å². The summed E-state index contributed by atoms with van der Waals surface area (Å²) in [6, 6.07) is 4.98. The van der Waals surface area contributed by atoms with E-state index in [2.05, 4.69) is 54.2 Å². The number of aryl methyl sites for hydroxylation is 2. The Kier molecular flexibility index (Phi) is 5.23. The standard InChI is InChI=1S/C17H27N3O/c1-6-16(7-2)20-9-8-15(19-20)11-18-13(4)17-10-12(3)21-14(17)5/h8-10,13,16,18H,6-7,11H2,1-5H3. The van der Waals surface area contributed by atoms with Crippen LogP contribution in [0.3, 0.4) is 0 Å². The van der Waals surface area contributed by atoms with E-state index in [9.17, 15) is 0 Å². The average Bonchev–Trinajstić information content (AvgIpc) is 3.04. The molecule has 0 bridgehead atoms. The van der Waals surface area contributed by atoms with Gasteiger partial charge in [-0.1, -0.05) is 13.8 Å². The Balaban J connectivity index is 1.95. The Hall–Kier alpha value is -1.55. The highest BCUT2D eigenvalue weighted by molar-refractivity contribution is 5.23. The van der Waals surface area contributed by atoms with Crippen LogP contribution in [-0.2, 0) is 6.54 Å². The molecule has 0 fully saturated rings. The van der Waals surface area contributed by atoms with Gasteiger partial charge in [0.2, 0.25) is 0 Å². The lowest BCUT2D eigenvalue weighted by Gasteiger charge is -2.13. The normalized spacial score (nSPS) is 13.0. The van der Waals surface area contributed by atoms with Crippen LogP contribution < -0.4 is 5.32 Å². The molecule has 2 heterocycles. The number of rotatable bonds is 7. The van der Waals surface area contributed by atoms with E-state index in [4.69, 9.17) is 4.42 Å². The van der Waals surface area contributed by atoms with E-state index in [-0.39, 0.29) is 6.04 Å². The molecule has 0 aliphatic carbocycles. The molecule has 1 atom stereocenters. The highest BCUT2D eigenvalue weighted by Gasteiger charge is 2.13. The summed E-state index contributed by atoms with van der Waals surface area (Å²) in [5, 5.41) is 8.20. The van der Waals surface area contributed by atoms with Crippen LogP contribution >= 0.6 is 0 Å². The zero-order valence-electron chi connectivity index (χ0n) is 13.8. The molecule has 116 valence electrons. The Morgan fingerprint density at radius 3 is 2.57 bits per heavy atom. The molecule has 1 unspecified atom stereocenters. The summed E-state index contributed by atoms with van der Waals surface area (Å²) in [7, 11) is 0. The third kappa shape index (κ3) is 3.76. The number of hydrogen-bond donors (Lipinski definition) is 1. The van der Waals surface area contributed by atoms with Gasteiger partial charge in [-0.3, -0.25) is 4.68 Å². The van der Waals surface area contributed by atoms with E-state index < -0.39 is 0 Å². The van der Waals surface area contributed by atoms with Gasteiger partial charge in [-0.2, -0.15) is 5.10 Å². The van der Waals surface area contributed by atoms with Gasteiger partial charge in [-0.05, 0) is 45.7 Å². The van der Waals surface area contributed by atoms with E-state index >= 15 is 0 Å². The Bertz CT molecular complexity index is 566. The van der Waals surface area contributed by atoms with Crippen LogP contribution in [0.2, 0.25) is 0 Å². The van der Waals surface area contributed by atoms with Crippen molar-refractivity contribution in [1.82, 2.24) is 15.1 Å². The Labute approximate surface area is 127 Å². The maximum atomic E-state index is 5.59. The summed E-state index contributed by atoms with van der Waals surface area (Å²) in [5.41, 5.74) is 2.32. The monoisotopic (exact) mass is 289 g/mol. The molecule has 4 nitrogen and oxygen atoms in total. The van der Waals surface area contributed by atoms with Crippen molar-refractivity contribution in [3.05, 3.63) is 41.1 Å². The molecule has 0 aliphatic rings. The lowest BCUT2D eigenvalue weighted by Crippen LogP contribution is -2.19. The molecule has 1 N–H and O–H groups in total. The molecule has 0 aromatic carbocycles. The molecule has 2 rings (SSSR count). The number of nitrogens with one attached hydrogen (secondary N) is 1. The summed E-state index contributed by atoms with van der Waals surface area (Å²) in [5.74, 6) is 1.96. The molecule has 2 aromatic rings. The Morgan fingerprint density at radius 2 is 2.00 bits per heavy atom. The van der Waals surface area contributed by atoms with Crippen LogP contribution in [0.1, 0.15) is 68.5 Å². The maximum absolute atomic E-state index is 5.59. The number of nitrogens with zero attached hydrogens (tertiary/aromatic N) is 2. The number of hydrogen-bond acceptors (Lipinski definition) is 3. The average molecular weight is 289 g/mol. The van der Waals surface area contributed by atoms with Crippen LogP contribution in [0.4, 0.5) is 0 Å². The first kappa shape index (κ1) is 15.8. The van der Waals surface area contributed by atoms with Crippen molar-refractivity contribution in [1.29, 1.82) is 0 Å². The largest absolute Gasteiger partial charge is 0.466 e. The molecule has 0 saturated heterocycles. The Morgan fingerprint density at radius 1 is 1.29 bits per heavy atom. The summed E-state index contributed by atoms with van der Waals surface area (Å²) >= 11 is 0. The number of furan rings is 1. The zero-order valence-corrected chi connectivity index (χ0v) is 13.8. The van der Waals surface area contributed by atoms with Gasteiger partial charge in [0.15, 0.2) is 0 Å². The molecular weight excluding hydrogens is 262 g/mol. The van der Waals surface area contributed by atoms with E-state index in [1.165, 1.54) is 5.56 Å². The molecule has 2 aromatic heterocycles. The minimum absolute atomic E-state index is 0.265. The lowest BCUT2D eigenvalue weighted by molar-refractivity contribution is 0.422. The molecule has 0 aliphatic heterocycles. The van der Waals surface area contributed by atoms with Gasteiger partial charge < -0.3 is 9.73 Å². The SMILES string of the molecule is CCC(CC)n1ccc(CNC(C)c2cc(C)oc2C)n1. The highest BCUT2D eigenvalue weighted by Crippen LogP contribution is 2.21. The second-order valence-corrected chi connectivity index (χ2v) is 5.73. The summed E-state index contributed by atoms with van der Waals surface area (Å²) in [6.45, 7) is 11.4. The first-order chi connectivity index (χ1) is 10.0. The number of aromatic nitrogens is 2. The fraction of sp³-hybridized carbons (Fsp3) is 0.588. The van der Waals surface area contributed by atoms with Crippen LogP contribution in [0.15, 0.2) is 22.7 Å². The zero-order chi connectivity index (χ0) is 15.4. The summed E-state index contributed by atoms with van der Waals surface area (Å²) < 4.78 is 7.68. The summed E-state index contributed by atoms with van der Waals surface area (Å²) in [4.78, 5) is 0. The van der Waals surface area contributed by atoms with E-state index in [1.807, 2.05) is 13.8 Å². The van der Waals surface area contributed by atoms with Gasteiger partial charge in [-0.15, -0.1) is 0 Å². The van der Waals surface area contributed by atoms with E-state index in [1.54, 1.807) is 0 Å². The van der Waals surface area contributed by atoms with Crippen molar-refractivity contribution >= 4 is 0 Å².